The summed E-state index contributed by atoms with van der Waals surface area (Å²) in [6, 6.07) is 13.8. The Balaban J connectivity index is 1.67. The maximum Gasteiger partial charge on any atom is 0.309 e. The molecule has 4 atom stereocenters. The number of carboxylic acids is 1. The van der Waals surface area contributed by atoms with Crippen molar-refractivity contribution in [1.82, 2.24) is 10.2 Å². The summed E-state index contributed by atoms with van der Waals surface area (Å²) in [5, 5.41) is 21.6. The van der Waals surface area contributed by atoms with Gasteiger partial charge in [0.1, 0.15) is 24.4 Å². The molecule has 2 fully saturated rings. The van der Waals surface area contributed by atoms with E-state index >= 15 is 0 Å². The second-order valence-electron chi connectivity index (χ2n) is 7.78. The number of hydrogen-bond donors (Lipinski definition) is 3. The second kappa shape index (κ2) is 8.77. The molecular formula is C23H24N2O6. The van der Waals surface area contributed by atoms with Gasteiger partial charge >= 0.3 is 5.97 Å². The summed E-state index contributed by atoms with van der Waals surface area (Å²) >= 11 is 0. The molecule has 0 saturated carbocycles. The van der Waals surface area contributed by atoms with Gasteiger partial charge in [0.25, 0.3) is 0 Å². The van der Waals surface area contributed by atoms with Crippen molar-refractivity contribution in [3.05, 3.63) is 65.7 Å². The number of carboxylic acid groups (broad SMARTS) is 1. The van der Waals surface area contributed by atoms with Crippen LogP contribution in [0.25, 0.3) is 0 Å². The average molecular weight is 424 g/mol. The summed E-state index contributed by atoms with van der Waals surface area (Å²) in [6.07, 6.45) is 0.385. The topological polar surface area (TPSA) is 116 Å². The number of rotatable bonds is 7. The molecular weight excluding hydrogens is 400 g/mol. The van der Waals surface area contributed by atoms with Gasteiger partial charge in [0.05, 0.1) is 18.6 Å². The fourth-order valence-corrected chi connectivity index (χ4v) is 4.47. The van der Waals surface area contributed by atoms with Crippen LogP contribution in [0.1, 0.15) is 23.6 Å². The lowest BCUT2D eigenvalue weighted by Crippen LogP contribution is -2.62. The third-order valence-corrected chi connectivity index (χ3v) is 5.82. The summed E-state index contributed by atoms with van der Waals surface area (Å²) in [6.45, 7) is -0.0528. The van der Waals surface area contributed by atoms with E-state index in [1.54, 1.807) is 24.3 Å². The van der Waals surface area contributed by atoms with Crippen molar-refractivity contribution < 1.29 is 29.3 Å². The standard InChI is InChI=1S/C23H24N2O6/c26-9-10-31-16-8-4-7-15(12-16)20-17(23(29)30)13-19-21(27)24-18(22(28)25(19)20)11-14-5-2-1-3-6-14/h1-8,12,17-20,26H,9-11,13H2,(H,24,27)(H,29,30)/t17-,18-,19-,20-/m0/s1. The van der Waals surface area contributed by atoms with Crippen LogP contribution in [0.5, 0.6) is 5.75 Å². The van der Waals surface area contributed by atoms with Crippen molar-refractivity contribution >= 4 is 17.8 Å². The normalized spacial score (nSPS) is 25.1. The molecule has 2 heterocycles. The molecule has 31 heavy (non-hydrogen) atoms. The van der Waals surface area contributed by atoms with Crippen LogP contribution in [0.2, 0.25) is 0 Å². The number of nitrogens with one attached hydrogen (secondary N) is 1. The van der Waals surface area contributed by atoms with Crippen molar-refractivity contribution in [1.29, 1.82) is 0 Å². The van der Waals surface area contributed by atoms with Gasteiger partial charge < -0.3 is 25.2 Å². The molecule has 0 spiro atoms. The van der Waals surface area contributed by atoms with E-state index in [0.717, 1.165) is 5.56 Å². The third-order valence-electron chi connectivity index (χ3n) is 5.82. The number of aliphatic hydroxyl groups excluding tert-OH is 1. The molecule has 4 rings (SSSR count). The Morgan fingerprint density at radius 2 is 1.90 bits per heavy atom. The number of fused-ring (bicyclic) bond motifs is 1. The number of aliphatic carboxylic acids is 1. The zero-order chi connectivity index (χ0) is 22.0. The molecule has 162 valence electrons. The summed E-state index contributed by atoms with van der Waals surface area (Å²) in [7, 11) is 0. The SMILES string of the molecule is O=C(O)[C@H]1C[C@H]2C(=O)N[C@@H](Cc3ccccc3)C(=O)N2[C@H]1c1cccc(OCCO)c1. The highest BCUT2D eigenvalue weighted by Crippen LogP contribution is 2.44. The van der Waals surface area contributed by atoms with Gasteiger partial charge in [-0.3, -0.25) is 14.4 Å². The first kappa shape index (κ1) is 20.9. The number of nitrogens with zero attached hydrogens (tertiary/aromatic N) is 1. The van der Waals surface area contributed by atoms with Crippen LogP contribution in [-0.2, 0) is 20.8 Å². The average Bonchev–Trinajstić information content (AvgIpc) is 3.19. The molecule has 2 amide bonds. The summed E-state index contributed by atoms with van der Waals surface area (Å²) in [5.41, 5.74) is 1.50. The zero-order valence-corrected chi connectivity index (χ0v) is 16.8. The van der Waals surface area contributed by atoms with Gasteiger partial charge in [-0.05, 0) is 29.7 Å². The first-order valence-corrected chi connectivity index (χ1v) is 10.2. The lowest BCUT2D eigenvalue weighted by Gasteiger charge is -2.38. The molecule has 0 unspecified atom stereocenters. The Hall–Kier alpha value is -3.39. The smallest absolute Gasteiger partial charge is 0.309 e. The fraction of sp³-hybridized carbons (Fsp3) is 0.348. The molecule has 2 aliphatic rings. The zero-order valence-electron chi connectivity index (χ0n) is 16.8. The lowest BCUT2D eigenvalue weighted by atomic mass is 9.93. The monoisotopic (exact) mass is 424 g/mol. The van der Waals surface area contributed by atoms with Gasteiger partial charge in [0.2, 0.25) is 11.8 Å². The van der Waals surface area contributed by atoms with E-state index in [1.807, 2.05) is 30.3 Å². The minimum Gasteiger partial charge on any atom is -0.491 e. The van der Waals surface area contributed by atoms with Crippen LogP contribution in [0.4, 0.5) is 0 Å². The van der Waals surface area contributed by atoms with Gasteiger partial charge in [-0.15, -0.1) is 0 Å². The maximum atomic E-state index is 13.4. The molecule has 3 N–H and O–H groups in total. The molecule has 0 radical (unpaired) electrons. The number of carbonyl (C=O) groups is 3. The highest BCUT2D eigenvalue weighted by Gasteiger charge is 2.54. The van der Waals surface area contributed by atoms with Gasteiger partial charge in [-0.1, -0.05) is 42.5 Å². The van der Waals surface area contributed by atoms with E-state index in [9.17, 15) is 19.5 Å². The van der Waals surface area contributed by atoms with Gasteiger partial charge in [-0.25, -0.2) is 0 Å². The Bertz CT molecular complexity index is 979. The summed E-state index contributed by atoms with van der Waals surface area (Å²) < 4.78 is 5.46. The molecule has 0 aliphatic carbocycles. The highest BCUT2D eigenvalue weighted by molar-refractivity contribution is 5.99. The first-order valence-electron chi connectivity index (χ1n) is 10.2. The maximum absolute atomic E-state index is 13.4. The number of carbonyl (C=O) groups excluding carboxylic acids is 2. The van der Waals surface area contributed by atoms with Crippen LogP contribution in [0, 0.1) is 5.92 Å². The van der Waals surface area contributed by atoms with E-state index in [4.69, 9.17) is 9.84 Å². The van der Waals surface area contributed by atoms with Crippen LogP contribution >= 0.6 is 0 Å². The van der Waals surface area contributed by atoms with Crippen molar-refractivity contribution in [2.24, 2.45) is 5.92 Å². The number of piperazine rings is 1. The predicted octanol–water partition coefficient (Wildman–Crippen LogP) is 1.14. The van der Waals surface area contributed by atoms with Gasteiger partial charge in [0.15, 0.2) is 0 Å². The lowest BCUT2D eigenvalue weighted by molar-refractivity contribution is -0.150. The van der Waals surface area contributed by atoms with Crippen LogP contribution in [0.3, 0.4) is 0 Å². The van der Waals surface area contributed by atoms with Crippen molar-refractivity contribution in [2.75, 3.05) is 13.2 Å². The van der Waals surface area contributed by atoms with Crippen LogP contribution in [-0.4, -0.2) is 58.2 Å². The number of hydrogen-bond acceptors (Lipinski definition) is 5. The summed E-state index contributed by atoms with van der Waals surface area (Å²) in [5.74, 6) is -2.12. The van der Waals surface area contributed by atoms with E-state index in [1.165, 1.54) is 4.90 Å². The van der Waals surface area contributed by atoms with E-state index in [-0.39, 0.29) is 31.4 Å². The van der Waals surface area contributed by atoms with Gasteiger partial charge in [-0.2, -0.15) is 0 Å². The van der Waals surface area contributed by atoms with Crippen molar-refractivity contribution in [3.8, 4) is 5.75 Å². The third kappa shape index (κ3) is 4.11. The molecule has 8 nitrogen and oxygen atoms in total. The van der Waals surface area contributed by atoms with Crippen LogP contribution in [0.15, 0.2) is 54.6 Å². The van der Waals surface area contributed by atoms with Crippen molar-refractivity contribution in [2.45, 2.75) is 31.0 Å². The minimum atomic E-state index is -1.05. The number of ether oxygens (including phenoxy) is 1. The summed E-state index contributed by atoms with van der Waals surface area (Å²) in [4.78, 5) is 39.7. The quantitative estimate of drug-likeness (QED) is 0.614. The Morgan fingerprint density at radius 3 is 2.61 bits per heavy atom. The molecule has 2 aromatic rings. The Kier molecular flexibility index (Phi) is 5.90. The number of aliphatic hydroxyl groups is 1. The molecule has 8 heteroatoms. The van der Waals surface area contributed by atoms with Crippen molar-refractivity contribution in [3.63, 3.8) is 0 Å². The molecule has 2 aliphatic heterocycles. The van der Waals surface area contributed by atoms with E-state index < -0.39 is 30.0 Å². The molecule has 2 aromatic carbocycles. The molecule has 0 bridgehead atoms. The largest absolute Gasteiger partial charge is 0.491 e. The number of amides is 2. The molecule has 0 aromatic heterocycles. The Labute approximate surface area is 179 Å². The Morgan fingerprint density at radius 1 is 1.13 bits per heavy atom. The predicted molar refractivity (Wildman–Crippen MR) is 110 cm³/mol. The second-order valence-corrected chi connectivity index (χ2v) is 7.78. The van der Waals surface area contributed by atoms with E-state index in [2.05, 4.69) is 5.32 Å². The molecule has 2 saturated heterocycles. The van der Waals surface area contributed by atoms with E-state index in [0.29, 0.717) is 17.7 Å². The highest BCUT2D eigenvalue weighted by atomic mass is 16.5. The van der Waals surface area contributed by atoms with Crippen LogP contribution < -0.4 is 10.1 Å². The minimum absolute atomic E-state index is 0.0529. The first-order chi connectivity index (χ1) is 15.0. The number of benzene rings is 2. The fourth-order valence-electron chi connectivity index (χ4n) is 4.47. The van der Waals surface area contributed by atoms with Gasteiger partial charge in [0, 0.05) is 6.42 Å².